The van der Waals surface area contributed by atoms with Crippen LogP contribution >= 0.6 is 0 Å². The van der Waals surface area contributed by atoms with Gasteiger partial charge in [-0.1, -0.05) is 12.8 Å². The molecule has 0 heterocycles. The first-order chi connectivity index (χ1) is 9.58. The molecule has 0 spiro atoms. The summed E-state index contributed by atoms with van der Waals surface area (Å²) in [4.78, 5) is 2.40. The van der Waals surface area contributed by atoms with Crippen LogP contribution in [0.15, 0.2) is 18.2 Å². The maximum atomic E-state index is 13.2. The van der Waals surface area contributed by atoms with Crippen LogP contribution in [0.4, 0.5) is 4.39 Å². The summed E-state index contributed by atoms with van der Waals surface area (Å²) in [6.07, 6.45) is 5.29. The molecule has 0 bridgehead atoms. The molecule has 1 atom stereocenters. The van der Waals surface area contributed by atoms with Crippen molar-refractivity contribution in [2.24, 2.45) is 0 Å². The summed E-state index contributed by atoms with van der Waals surface area (Å²) in [5.74, 6) is -0.162. The number of hydrogen-bond acceptors (Lipinski definition) is 3. The highest BCUT2D eigenvalue weighted by Crippen LogP contribution is 2.25. The van der Waals surface area contributed by atoms with Gasteiger partial charge in [0.05, 0.1) is 0 Å². The van der Waals surface area contributed by atoms with Crippen molar-refractivity contribution < 1.29 is 9.50 Å². The molecule has 1 unspecified atom stereocenters. The highest BCUT2D eigenvalue weighted by atomic mass is 19.1. The van der Waals surface area contributed by atoms with Crippen LogP contribution in [-0.4, -0.2) is 36.2 Å². The van der Waals surface area contributed by atoms with Gasteiger partial charge >= 0.3 is 0 Å². The largest absolute Gasteiger partial charge is 0.508 e. The van der Waals surface area contributed by atoms with Gasteiger partial charge in [0.2, 0.25) is 0 Å². The Morgan fingerprint density at radius 3 is 2.80 bits per heavy atom. The van der Waals surface area contributed by atoms with E-state index in [-0.39, 0.29) is 17.6 Å². The van der Waals surface area contributed by atoms with E-state index in [0.717, 1.165) is 19.1 Å². The van der Waals surface area contributed by atoms with Gasteiger partial charge in [0.1, 0.15) is 11.6 Å². The number of nitrogens with zero attached hydrogens (tertiary/aromatic N) is 1. The third-order valence-corrected chi connectivity index (χ3v) is 4.32. The van der Waals surface area contributed by atoms with Gasteiger partial charge in [-0.05, 0) is 45.0 Å². The summed E-state index contributed by atoms with van der Waals surface area (Å²) >= 11 is 0. The van der Waals surface area contributed by atoms with E-state index >= 15 is 0 Å². The Labute approximate surface area is 120 Å². The Kier molecular flexibility index (Phi) is 5.38. The molecular weight excluding hydrogens is 255 g/mol. The Balaban J connectivity index is 1.79. The molecule has 20 heavy (non-hydrogen) atoms. The fourth-order valence-corrected chi connectivity index (χ4v) is 2.97. The van der Waals surface area contributed by atoms with E-state index in [1.165, 1.54) is 43.9 Å². The zero-order valence-electron chi connectivity index (χ0n) is 12.4. The summed E-state index contributed by atoms with van der Waals surface area (Å²) in [5, 5.41) is 13.1. The summed E-state index contributed by atoms with van der Waals surface area (Å²) in [5.41, 5.74) is 0.619. The zero-order valence-corrected chi connectivity index (χ0v) is 12.4. The average molecular weight is 280 g/mol. The maximum absolute atomic E-state index is 13.2. The topological polar surface area (TPSA) is 35.5 Å². The average Bonchev–Trinajstić information content (AvgIpc) is 2.95. The second-order valence-corrected chi connectivity index (χ2v) is 5.80. The molecule has 0 aromatic heterocycles. The van der Waals surface area contributed by atoms with E-state index in [2.05, 4.69) is 17.3 Å². The SMILES string of the molecule is CC(NCCN(C)C1CCCC1)c1cc(F)ccc1O. The van der Waals surface area contributed by atoms with E-state index in [1.54, 1.807) is 0 Å². The van der Waals surface area contributed by atoms with Gasteiger partial charge in [-0.25, -0.2) is 4.39 Å². The number of hydrogen-bond donors (Lipinski definition) is 2. The van der Waals surface area contributed by atoms with Crippen LogP contribution < -0.4 is 5.32 Å². The lowest BCUT2D eigenvalue weighted by Gasteiger charge is -2.25. The van der Waals surface area contributed by atoms with Crippen LogP contribution in [0, 0.1) is 5.82 Å². The summed E-state index contributed by atoms with van der Waals surface area (Å²) in [6.45, 7) is 3.76. The lowest BCUT2D eigenvalue weighted by Crippen LogP contribution is -2.36. The van der Waals surface area contributed by atoms with E-state index in [1.807, 2.05) is 6.92 Å². The number of phenolic OH excluding ortho intramolecular Hbond substituents is 1. The summed E-state index contributed by atoms with van der Waals surface area (Å²) in [6, 6.07) is 4.75. The third-order valence-electron chi connectivity index (χ3n) is 4.32. The lowest BCUT2D eigenvalue weighted by atomic mass is 10.1. The van der Waals surface area contributed by atoms with Gasteiger partial charge in [-0.3, -0.25) is 0 Å². The Hall–Kier alpha value is -1.13. The molecule has 2 rings (SSSR count). The van der Waals surface area contributed by atoms with Crippen LogP contribution in [0.1, 0.15) is 44.2 Å². The number of rotatable bonds is 6. The van der Waals surface area contributed by atoms with Gasteiger partial charge in [-0.15, -0.1) is 0 Å². The van der Waals surface area contributed by atoms with Crippen molar-refractivity contribution in [3.8, 4) is 5.75 Å². The van der Waals surface area contributed by atoms with E-state index in [9.17, 15) is 9.50 Å². The second-order valence-electron chi connectivity index (χ2n) is 5.80. The van der Waals surface area contributed by atoms with Crippen LogP contribution in [0.2, 0.25) is 0 Å². The van der Waals surface area contributed by atoms with Crippen LogP contribution in [0.5, 0.6) is 5.75 Å². The summed E-state index contributed by atoms with van der Waals surface area (Å²) in [7, 11) is 2.17. The van der Waals surface area contributed by atoms with Crippen molar-refractivity contribution in [1.29, 1.82) is 0 Å². The molecule has 0 amide bonds. The van der Waals surface area contributed by atoms with E-state index < -0.39 is 0 Å². The van der Waals surface area contributed by atoms with Crippen LogP contribution in [0.25, 0.3) is 0 Å². The fourth-order valence-electron chi connectivity index (χ4n) is 2.97. The number of nitrogens with one attached hydrogen (secondary N) is 1. The predicted molar refractivity (Wildman–Crippen MR) is 79.4 cm³/mol. The standard InChI is InChI=1S/C16H25FN2O/c1-12(15-11-13(17)7-8-16(15)20)18-9-10-19(2)14-5-3-4-6-14/h7-8,11-12,14,18,20H,3-6,9-10H2,1-2H3. The van der Waals surface area contributed by atoms with Crippen LogP contribution in [-0.2, 0) is 0 Å². The molecule has 112 valence electrons. The number of aromatic hydroxyl groups is 1. The quantitative estimate of drug-likeness (QED) is 0.840. The fraction of sp³-hybridized carbons (Fsp3) is 0.625. The number of phenols is 1. The summed E-state index contributed by atoms with van der Waals surface area (Å²) < 4.78 is 13.2. The minimum Gasteiger partial charge on any atom is -0.508 e. The molecule has 1 aliphatic carbocycles. The molecule has 2 N–H and O–H groups in total. The first kappa shape index (κ1) is 15.3. The zero-order chi connectivity index (χ0) is 14.5. The molecule has 0 saturated heterocycles. The van der Waals surface area contributed by atoms with E-state index in [0.29, 0.717) is 5.56 Å². The van der Waals surface area contributed by atoms with Crippen molar-refractivity contribution >= 4 is 0 Å². The number of likely N-dealkylation sites (N-methyl/N-ethyl adjacent to an activating group) is 1. The lowest BCUT2D eigenvalue weighted by molar-refractivity contribution is 0.242. The first-order valence-corrected chi connectivity index (χ1v) is 7.50. The van der Waals surface area contributed by atoms with Gasteiger partial charge in [0.15, 0.2) is 0 Å². The second kappa shape index (κ2) is 7.04. The van der Waals surface area contributed by atoms with Gasteiger partial charge in [0, 0.05) is 30.7 Å². The predicted octanol–water partition coefficient (Wildman–Crippen LogP) is 3.06. The smallest absolute Gasteiger partial charge is 0.123 e. The highest BCUT2D eigenvalue weighted by Gasteiger charge is 2.19. The molecule has 4 heteroatoms. The molecule has 0 radical (unpaired) electrons. The highest BCUT2D eigenvalue weighted by molar-refractivity contribution is 5.34. The monoisotopic (exact) mass is 280 g/mol. The minimum absolute atomic E-state index is 0.0531. The van der Waals surface area contributed by atoms with Gasteiger partial charge in [0.25, 0.3) is 0 Å². The van der Waals surface area contributed by atoms with Gasteiger partial charge < -0.3 is 15.3 Å². The number of benzene rings is 1. The van der Waals surface area contributed by atoms with Crippen molar-refractivity contribution in [1.82, 2.24) is 10.2 Å². The Morgan fingerprint density at radius 2 is 2.10 bits per heavy atom. The first-order valence-electron chi connectivity index (χ1n) is 7.50. The van der Waals surface area contributed by atoms with Crippen molar-refractivity contribution in [2.45, 2.75) is 44.7 Å². The third kappa shape index (κ3) is 3.93. The molecule has 1 aliphatic rings. The number of halogens is 1. The Bertz CT molecular complexity index is 432. The van der Waals surface area contributed by atoms with Crippen molar-refractivity contribution in [2.75, 3.05) is 20.1 Å². The molecule has 0 aliphatic heterocycles. The van der Waals surface area contributed by atoms with Crippen molar-refractivity contribution in [3.05, 3.63) is 29.6 Å². The maximum Gasteiger partial charge on any atom is 0.123 e. The van der Waals surface area contributed by atoms with E-state index in [4.69, 9.17) is 0 Å². The molecule has 1 aromatic carbocycles. The molecular formula is C16H25FN2O. The molecule has 3 nitrogen and oxygen atoms in total. The minimum atomic E-state index is -0.311. The normalized spacial score (nSPS) is 17.8. The van der Waals surface area contributed by atoms with Crippen molar-refractivity contribution in [3.63, 3.8) is 0 Å². The van der Waals surface area contributed by atoms with Crippen LogP contribution in [0.3, 0.4) is 0 Å². The molecule has 1 saturated carbocycles. The Morgan fingerprint density at radius 1 is 1.40 bits per heavy atom. The molecule has 1 fully saturated rings. The van der Waals surface area contributed by atoms with Gasteiger partial charge in [-0.2, -0.15) is 0 Å². The molecule has 1 aromatic rings.